The molecule has 1 aromatic carbocycles. The van der Waals surface area contributed by atoms with Crippen LogP contribution < -0.4 is 14.4 Å². The summed E-state index contributed by atoms with van der Waals surface area (Å²) in [4.78, 5) is 26.3. The molecule has 2 aromatic heterocycles. The lowest BCUT2D eigenvalue weighted by Gasteiger charge is -2.20. The molecule has 2 unspecified atom stereocenters. The molecule has 2 atom stereocenters. The van der Waals surface area contributed by atoms with Gasteiger partial charge in [-0.2, -0.15) is 4.98 Å². The van der Waals surface area contributed by atoms with Crippen LogP contribution in [0.15, 0.2) is 42.6 Å². The summed E-state index contributed by atoms with van der Waals surface area (Å²) in [5.74, 6) is 1.19. The van der Waals surface area contributed by atoms with Crippen LogP contribution in [0.5, 0.6) is 17.5 Å². The second-order valence-corrected chi connectivity index (χ2v) is 8.41. The Balaban J connectivity index is 1.61. The lowest BCUT2D eigenvalue weighted by Crippen LogP contribution is -2.37. The van der Waals surface area contributed by atoms with Gasteiger partial charge >= 0.3 is 6.01 Å². The SMILES string of the molecule is COc1ccccc1Oc1nc2c(n1Cc1ccc(Cl)cn1)C(=O)N(CCCO)C1OC1N2C. The number of carbonyl (C=O) groups is 1. The molecule has 0 aliphatic carbocycles. The number of hydrogen-bond donors (Lipinski definition) is 1. The van der Waals surface area contributed by atoms with Crippen molar-refractivity contribution in [1.82, 2.24) is 19.4 Å². The van der Waals surface area contributed by atoms with E-state index in [2.05, 4.69) is 4.98 Å². The van der Waals surface area contributed by atoms with Crippen molar-refractivity contribution in [3.63, 3.8) is 0 Å². The number of hydrogen-bond acceptors (Lipinski definition) is 8. The zero-order valence-corrected chi connectivity index (χ0v) is 19.5. The van der Waals surface area contributed by atoms with E-state index in [1.54, 1.807) is 47.0 Å². The third-order valence-corrected chi connectivity index (χ3v) is 6.01. The number of carbonyl (C=O) groups excluding carboxylic acids is 1. The average Bonchev–Trinajstić information content (AvgIpc) is 3.57. The molecule has 2 aliphatic heterocycles. The number of epoxide rings is 1. The van der Waals surface area contributed by atoms with Gasteiger partial charge in [0, 0.05) is 26.4 Å². The van der Waals surface area contributed by atoms with Crippen LogP contribution >= 0.6 is 11.6 Å². The largest absolute Gasteiger partial charge is 0.493 e. The fraction of sp³-hybridized carbons (Fsp3) is 0.348. The summed E-state index contributed by atoms with van der Waals surface area (Å²) in [5, 5.41) is 9.85. The number of likely N-dealkylation sites (N-methyl/N-ethyl adjacent to an activating group) is 1. The normalized spacial score (nSPS) is 18.9. The summed E-state index contributed by atoms with van der Waals surface area (Å²) in [6, 6.07) is 11.0. The summed E-state index contributed by atoms with van der Waals surface area (Å²) in [7, 11) is 3.39. The minimum Gasteiger partial charge on any atom is -0.493 e. The second kappa shape index (κ2) is 9.13. The second-order valence-electron chi connectivity index (χ2n) is 7.98. The van der Waals surface area contributed by atoms with E-state index in [4.69, 9.17) is 30.8 Å². The zero-order chi connectivity index (χ0) is 23.8. The number of imidazole rings is 1. The number of aliphatic hydroxyl groups excluding tert-OH is 1. The van der Waals surface area contributed by atoms with Gasteiger partial charge < -0.3 is 29.1 Å². The van der Waals surface area contributed by atoms with Crippen LogP contribution in [-0.2, 0) is 11.3 Å². The van der Waals surface area contributed by atoms with Gasteiger partial charge in [-0.1, -0.05) is 23.7 Å². The van der Waals surface area contributed by atoms with Gasteiger partial charge in [-0.15, -0.1) is 0 Å². The number of benzene rings is 1. The fourth-order valence-corrected chi connectivity index (χ4v) is 4.13. The maximum atomic E-state index is 13.7. The predicted molar refractivity (Wildman–Crippen MR) is 123 cm³/mol. The van der Waals surface area contributed by atoms with E-state index in [9.17, 15) is 9.90 Å². The van der Waals surface area contributed by atoms with Crippen molar-refractivity contribution in [3.05, 3.63) is 59.0 Å². The van der Waals surface area contributed by atoms with E-state index in [1.165, 1.54) is 0 Å². The van der Waals surface area contributed by atoms with Crippen molar-refractivity contribution >= 4 is 23.3 Å². The summed E-state index contributed by atoms with van der Waals surface area (Å²) in [5.41, 5.74) is 1.04. The number of rotatable bonds is 8. The number of nitrogens with zero attached hydrogens (tertiary/aromatic N) is 5. The topological polar surface area (TPSA) is 105 Å². The molecule has 2 aliphatic rings. The first-order valence-corrected chi connectivity index (χ1v) is 11.2. The van der Waals surface area contributed by atoms with Gasteiger partial charge in [-0.05, 0) is 30.7 Å². The summed E-state index contributed by atoms with van der Waals surface area (Å²) in [6.07, 6.45) is 1.28. The smallest absolute Gasteiger partial charge is 0.305 e. The number of methoxy groups -OCH3 is 1. The van der Waals surface area contributed by atoms with Crippen molar-refractivity contribution < 1.29 is 24.1 Å². The van der Waals surface area contributed by atoms with Gasteiger partial charge in [-0.3, -0.25) is 14.3 Å². The highest BCUT2D eigenvalue weighted by Crippen LogP contribution is 2.41. The first-order chi connectivity index (χ1) is 16.5. The Bertz CT molecular complexity index is 1200. The van der Waals surface area contributed by atoms with Crippen LogP contribution in [0.25, 0.3) is 0 Å². The maximum absolute atomic E-state index is 13.7. The van der Waals surface area contributed by atoms with Crippen LogP contribution in [-0.4, -0.2) is 70.2 Å². The van der Waals surface area contributed by atoms with E-state index in [-0.39, 0.29) is 37.5 Å². The minimum absolute atomic E-state index is 0.0278. The molecule has 10 nitrogen and oxygen atoms in total. The lowest BCUT2D eigenvalue weighted by molar-refractivity contribution is 0.0645. The number of halogens is 1. The molecule has 11 heteroatoms. The van der Waals surface area contributed by atoms with Crippen LogP contribution in [0.1, 0.15) is 22.6 Å². The van der Waals surface area contributed by atoms with E-state index in [0.29, 0.717) is 46.7 Å². The Morgan fingerprint density at radius 2 is 1.97 bits per heavy atom. The number of amides is 1. The summed E-state index contributed by atoms with van der Waals surface area (Å²) < 4.78 is 19.1. The van der Waals surface area contributed by atoms with Gasteiger partial charge in [0.1, 0.15) is 0 Å². The maximum Gasteiger partial charge on any atom is 0.305 e. The molecule has 34 heavy (non-hydrogen) atoms. The number of para-hydroxylation sites is 2. The molecule has 4 heterocycles. The van der Waals surface area contributed by atoms with Gasteiger partial charge in [0.15, 0.2) is 35.5 Å². The molecule has 0 saturated carbocycles. The van der Waals surface area contributed by atoms with Crippen molar-refractivity contribution in [2.45, 2.75) is 25.4 Å². The molecular weight excluding hydrogens is 462 g/mol. The number of pyridine rings is 1. The third-order valence-electron chi connectivity index (χ3n) is 5.78. The first-order valence-electron chi connectivity index (χ1n) is 10.8. The van der Waals surface area contributed by atoms with E-state index in [0.717, 1.165) is 0 Å². The van der Waals surface area contributed by atoms with Crippen LogP contribution in [0.4, 0.5) is 5.82 Å². The molecule has 0 bridgehead atoms. The van der Waals surface area contributed by atoms with Crippen molar-refractivity contribution in [2.24, 2.45) is 0 Å². The third kappa shape index (κ3) is 4.04. The molecule has 5 rings (SSSR count). The molecule has 1 saturated heterocycles. The monoisotopic (exact) mass is 485 g/mol. The summed E-state index contributed by atoms with van der Waals surface area (Å²) in [6.45, 7) is 0.560. The standard InChI is InChI=1S/C23H24ClN5O5/c1-27-19-18(20(31)28(10-5-11-30)22-21(27)34-22)29(13-15-9-8-14(24)12-25-15)23(26-19)33-17-7-4-3-6-16(17)32-2/h3-4,6-9,12,21-22,30H,5,10-11,13H2,1-2H3. The van der Waals surface area contributed by atoms with Crippen LogP contribution in [0.3, 0.4) is 0 Å². The number of aliphatic hydroxyl groups is 1. The number of ether oxygens (including phenoxy) is 3. The van der Waals surface area contributed by atoms with Gasteiger partial charge in [-0.25, -0.2) is 0 Å². The van der Waals surface area contributed by atoms with Gasteiger partial charge in [0.2, 0.25) is 0 Å². The van der Waals surface area contributed by atoms with Crippen molar-refractivity contribution in [3.8, 4) is 17.5 Å². The average molecular weight is 486 g/mol. The summed E-state index contributed by atoms with van der Waals surface area (Å²) >= 11 is 6.01. The number of aromatic nitrogens is 3. The molecule has 0 spiro atoms. The Morgan fingerprint density at radius 3 is 2.68 bits per heavy atom. The Morgan fingerprint density at radius 1 is 1.18 bits per heavy atom. The highest BCUT2D eigenvalue weighted by Gasteiger charge is 2.54. The van der Waals surface area contributed by atoms with Crippen molar-refractivity contribution in [1.29, 1.82) is 0 Å². The quantitative estimate of drug-likeness (QED) is 0.485. The van der Waals surface area contributed by atoms with E-state index >= 15 is 0 Å². The van der Waals surface area contributed by atoms with Gasteiger partial charge in [0.25, 0.3) is 5.91 Å². The van der Waals surface area contributed by atoms with Crippen LogP contribution in [0, 0.1) is 0 Å². The molecular formula is C23H24ClN5O5. The Hall–Kier alpha value is -3.34. The van der Waals surface area contributed by atoms with Crippen molar-refractivity contribution in [2.75, 3.05) is 32.2 Å². The highest BCUT2D eigenvalue weighted by atomic mass is 35.5. The molecule has 3 aromatic rings. The highest BCUT2D eigenvalue weighted by molar-refractivity contribution is 6.30. The Labute approximate surface area is 201 Å². The van der Waals surface area contributed by atoms with Gasteiger partial charge in [0.05, 0.1) is 24.4 Å². The van der Waals surface area contributed by atoms with E-state index in [1.807, 2.05) is 24.1 Å². The fourth-order valence-electron chi connectivity index (χ4n) is 4.01. The first kappa shape index (κ1) is 22.5. The minimum atomic E-state index is -0.390. The molecule has 1 N–H and O–H groups in total. The Kier molecular flexibility index (Phi) is 6.03. The molecule has 1 fully saturated rings. The number of fused-ring (bicyclic) bond motifs is 2. The molecule has 178 valence electrons. The van der Waals surface area contributed by atoms with Crippen LogP contribution in [0.2, 0.25) is 5.02 Å². The molecule has 0 radical (unpaired) electrons. The zero-order valence-electron chi connectivity index (χ0n) is 18.7. The molecule has 1 amide bonds. The predicted octanol–water partition coefficient (Wildman–Crippen LogP) is 2.74. The lowest BCUT2D eigenvalue weighted by atomic mass is 10.3. The number of anilines is 1. The van der Waals surface area contributed by atoms with E-state index < -0.39 is 0 Å².